The topological polar surface area (TPSA) is 70.0 Å². The van der Waals surface area contributed by atoms with Gasteiger partial charge in [-0.2, -0.15) is 18.4 Å². The summed E-state index contributed by atoms with van der Waals surface area (Å²) in [6.45, 7) is 1.44. The zero-order valence-corrected chi connectivity index (χ0v) is 13.4. The molecule has 8 heteroatoms. The Morgan fingerprint density at radius 2 is 1.75 bits per heavy atom. The van der Waals surface area contributed by atoms with Crippen LogP contribution in [0.4, 0.5) is 13.2 Å². The van der Waals surface area contributed by atoms with Gasteiger partial charge in [-0.15, -0.1) is 0 Å². The lowest BCUT2D eigenvalue weighted by atomic mass is 10.1. The van der Waals surface area contributed by atoms with Gasteiger partial charge in [0.25, 0.3) is 0 Å². The minimum atomic E-state index is -4.44. The molecule has 2 aromatic rings. The van der Waals surface area contributed by atoms with Gasteiger partial charge in [0, 0.05) is 6.54 Å². The normalized spacial score (nSPS) is 12.0. The molecule has 4 nitrogen and oxygen atoms in total. The maximum atomic E-state index is 12.5. The highest BCUT2D eigenvalue weighted by atomic mass is 32.2. The van der Waals surface area contributed by atoms with Crippen LogP contribution in [0.15, 0.2) is 47.4 Å². The van der Waals surface area contributed by atoms with Crippen molar-refractivity contribution < 1.29 is 21.6 Å². The summed E-state index contributed by atoms with van der Waals surface area (Å²) >= 11 is 0. The minimum absolute atomic E-state index is 0.0393. The lowest BCUT2D eigenvalue weighted by Gasteiger charge is -2.11. The van der Waals surface area contributed by atoms with E-state index in [1.165, 1.54) is 24.3 Å². The van der Waals surface area contributed by atoms with Gasteiger partial charge >= 0.3 is 6.18 Å². The molecule has 1 N–H and O–H groups in total. The number of sulfonamides is 1. The Balaban J connectivity index is 2.20. The summed E-state index contributed by atoms with van der Waals surface area (Å²) in [5, 5.41) is 9.11. The number of halogens is 3. The van der Waals surface area contributed by atoms with E-state index >= 15 is 0 Å². The number of hydrogen-bond acceptors (Lipinski definition) is 3. The Morgan fingerprint density at radius 1 is 1.12 bits per heavy atom. The number of nitriles is 1. The van der Waals surface area contributed by atoms with E-state index in [2.05, 4.69) is 4.72 Å². The molecule has 0 aliphatic rings. The molecule has 126 valence electrons. The number of nitrogens with zero attached hydrogens (tertiary/aromatic N) is 1. The van der Waals surface area contributed by atoms with E-state index in [9.17, 15) is 21.6 Å². The first kappa shape index (κ1) is 18.0. The molecular weight excluding hydrogens is 341 g/mol. The maximum absolute atomic E-state index is 12.5. The Labute approximate surface area is 137 Å². The molecule has 0 fully saturated rings. The average Bonchev–Trinajstić information content (AvgIpc) is 2.52. The second-order valence-corrected chi connectivity index (χ2v) is 6.81. The van der Waals surface area contributed by atoms with Crippen molar-refractivity contribution in [2.45, 2.75) is 24.5 Å². The van der Waals surface area contributed by atoms with Gasteiger partial charge in [-0.1, -0.05) is 24.3 Å². The van der Waals surface area contributed by atoms with Crippen molar-refractivity contribution in [2.75, 3.05) is 0 Å². The highest BCUT2D eigenvalue weighted by molar-refractivity contribution is 7.89. The van der Waals surface area contributed by atoms with Crippen LogP contribution >= 0.6 is 0 Å². The number of hydrogen-bond donors (Lipinski definition) is 1. The van der Waals surface area contributed by atoms with Crippen molar-refractivity contribution in [1.29, 1.82) is 5.26 Å². The number of alkyl halides is 3. The first-order valence-corrected chi connectivity index (χ1v) is 8.29. The molecule has 0 aromatic heterocycles. The van der Waals surface area contributed by atoms with Crippen molar-refractivity contribution in [1.82, 2.24) is 4.72 Å². The fraction of sp³-hybridized carbons (Fsp3) is 0.188. The van der Waals surface area contributed by atoms with Gasteiger partial charge < -0.3 is 0 Å². The number of nitrogens with one attached hydrogen (secondary N) is 1. The molecule has 0 unspecified atom stereocenters. The van der Waals surface area contributed by atoms with Gasteiger partial charge in [-0.05, 0) is 36.2 Å². The SMILES string of the molecule is Cc1cccc(S(=O)(=O)NCc2ccc(C(F)(F)F)cc2)c1C#N. The van der Waals surface area contributed by atoms with Gasteiger partial charge in [-0.25, -0.2) is 13.1 Å². The van der Waals surface area contributed by atoms with E-state index < -0.39 is 21.8 Å². The summed E-state index contributed by atoms with van der Waals surface area (Å²) in [6, 6.07) is 10.5. The Kier molecular flexibility index (Phi) is 4.96. The molecule has 0 aliphatic carbocycles. The molecule has 0 radical (unpaired) electrons. The second kappa shape index (κ2) is 6.63. The second-order valence-electron chi connectivity index (χ2n) is 5.08. The van der Waals surface area contributed by atoms with Crippen LogP contribution in [0.25, 0.3) is 0 Å². The van der Waals surface area contributed by atoms with Gasteiger partial charge in [0.1, 0.15) is 11.0 Å². The first-order valence-electron chi connectivity index (χ1n) is 6.80. The van der Waals surface area contributed by atoms with Crippen LogP contribution in [0, 0.1) is 18.3 Å². The lowest BCUT2D eigenvalue weighted by molar-refractivity contribution is -0.137. The molecule has 2 aromatic carbocycles. The Morgan fingerprint density at radius 3 is 2.29 bits per heavy atom. The molecule has 0 aliphatic heterocycles. The molecule has 0 saturated heterocycles. The molecule has 0 spiro atoms. The summed E-state index contributed by atoms with van der Waals surface area (Å²) in [7, 11) is -3.96. The molecule has 0 heterocycles. The zero-order chi connectivity index (χ0) is 18.0. The van der Waals surface area contributed by atoms with Crippen LogP contribution in [0.2, 0.25) is 0 Å². The Bertz CT molecular complexity index is 883. The molecule has 0 atom stereocenters. The first-order chi connectivity index (χ1) is 11.1. The fourth-order valence-electron chi connectivity index (χ4n) is 2.08. The van der Waals surface area contributed by atoms with E-state index in [0.717, 1.165) is 12.1 Å². The fourth-order valence-corrected chi connectivity index (χ4v) is 3.32. The van der Waals surface area contributed by atoms with Gasteiger partial charge in [0.15, 0.2) is 0 Å². The molecule has 0 bridgehead atoms. The van der Waals surface area contributed by atoms with Crippen molar-refractivity contribution in [3.8, 4) is 6.07 Å². The third kappa shape index (κ3) is 3.93. The van der Waals surface area contributed by atoms with E-state index in [4.69, 9.17) is 5.26 Å². The van der Waals surface area contributed by atoms with Gasteiger partial charge in [0.05, 0.1) is 11.1 Å². The molecule has 24 heavy (non-hydrogen) atoms. The van der Waals surface area contributed by atoms with Crippen molar-refractivity contribution in [2.24, 2.45) is 0 Å². The highest BCUT2D eigenvalue weighted by Crippen LogP contribution is 2.29. The summed E-state index contributed by atoms with van der Waals surface area (Å²) in [5.74, 6) is 0. The molecular formula is C16H13F3N2O2S. The predicted octanol–water partition coefficient (Wildman–Crippen LogP) is 3.36. The average molecular weight is 354 g/mol. The molecule has 0 amide bonds. The maximum Gasteiger partial charge on any atom is 0.416 e. The molecule has 2 rings (SSSR count). The minimum Gasteiger partial charge on any atom is -0.207 e. The quantitative estimate of drug-likeness (QED) is 0.915. The smallest absolute Gasteiger partial charge is 0.207 e. The van der Waals surface area contributed by atoms with Crippen LogP contribution in [-0.4, -0.2) is 8.42 Å². The van der Waals surface area contributed by atoms with Gasteiger partial charge in [0.2, 0.25) is 10.0 Å². The largest absolute Gasteiger partial charge is 0.416 e. The Hall–Kier alpha value is -2.37. The highest BCUT2D eigenvalue weighted by Gasteiger charge is 2.30. The van der Waals surface area contributed by atoms with Crippen LogP contribution < -0.4 is 4.72 Å². The van der Waals surface area contributed by atoms with Crippen molar-refractivity contribution in [3.63, 3.8) is 0 Å². The van der Waals surface area contributed by atoms with E-state index in [1.54, 1.807) is 13.0 Å². The number of rotatable bonds is 4. The van der Waals surface area contributed by atoms with E-state index in [1.807, 2.05) is 6.07 Å². The van der Waals surface area contributed by atoms with E-state index in [0.29, 0.717) is 11.1 Å². The standard InChI is InChI=1S/C16H13F3N2O2S/c1-11-3-2-4-15(14(11)9-20)24(22,23)21-10-12-5-7-13(8-6-12)16(17,18)19/h2-8,21H,10H2,1H3. The van der Waals surface area contributed by atoms with E-state index in [-0.39, 0.29) is 17.0 Å². The van der Waals surface area contributed by atoms with Crippen LogP contribution in [0.1, 0.15) is 22.3 Å². The van der Waals surface area contributed by atoms with Crippen LogP contribution in [-0.2, 0) is 22.7 Å². The summed E-state index contributed by atoms with van der Waals surface area (Å²) in [4.78, 5) is -0.156. The van der Waals surface area contributed by atoms with Crippen molar-refractivity contribution >= 4 is 10.0 Å². The number of benzene rings is 2. The third-order valence-electron chi connectivity index (χ3n) is 3.38. The third-order valence-corrected chi connectivity index (χ3v) is 4.83. The predicted molar refractivity (Wildman–Crippen MR) is 81.4 cm³/mol. The van der Waals surface area contributed by atoms with Gasteiger partial charge in [-0.3, -0.25) is 0 Å². The van der Waals surface area contributed by atoms with Crippen LogP contribution in [0.3, 0.4) is 0 Å². The zero-order valence-electron chi connectivity index (χ0n) is 12.6. The van der Waals surface area contributed by atoms with Crippen LogP contribution in [0.5, 0.6) is 0 Å². The monoisotopic (exact) mass is 354 g/mol. The summed E-state index contributed by atoms with van der Waals surface area (Å²) in [6.07, 6.45) is -4.44. The summed E-state index contributed by atoms with van der Waals surface area (Å²) in [5.41, 5.74) is 0.129. The lowest BCUT2D eigenvalue weighted by Crippen LogP contribution is -2.24. The summed E-state index contributed by atoms with van der Waals surface area (Å²) < 4.78 is 64.4. The number of aryl methyl sites for hydroxylation is 1. The van der Waals surface area contributed by atoms with Crippen molar-refractivity contribution in [3.05, 3.63) is 64.7 Å². The molecule has 0 saturated carbocycles.